The zero-order chi connectivity index (χ0) is 20.4. The first-order chi connectivity index (χ1) is 14.0. The topological polar surface area (TPSA) is 98.7 Å². The van der Waals surface area contributed by atoms with Crippen LogP contribution in [0.1, 0.15) is 41.6 Å². The molecular weight excluding hydrogens is 368 g/mol. The minimum absolute atomic E-state index is 0.190. The van der Waals surface area contributed by atoms with E-state index in [9.17, 15) is 4.79 Å². The van der Waals surface area contributed by atoms with Gasteiger partial charge in [-0.3, -0.25) is 9.36 Å². The lowest BCUT2D eigenvalue weighted by atomic mass is 10.2. The van der Waals surface area contributed by atoms with Crippen LogP contribution in [0, 0.1) is 6.92 Å². The second-order valence-electron chi connectivity index (χ2n) is 7.01. The second kappa shape index (κ2) is 7.67. The van der Waals surface area contributed by atoms with Crippen LogP contribution in [-0.2, 0) is 0 Å². The summed E-state index contributed by atoms with van der Waals surface area (Å²) < 4.78 is 6.97. The minimum Gasteiger partial charge on any atom is -0.334 e. The van der Waals surface area contributed by atoms with Crippen molar-refractivity contribution >= 4 is 11.6 Å². The molecule has 4 aromatic rings. The number of nitrogens with zero attached hydrogens (tertiary/aromatic N) is 5. The molecule has 4 rings (SSSR count). The Labute approximate surface area is 167 Å². The van der Waals surface area contributed by atoms with Crippen molar-refractivity contribution in [1.29, 1.82) is 0 Å². The number of anilines is 1. The number of nitrogens with one attached hydrogen (secondary N) is 1. The van der Waals surface area contributed by atoms with Crippen molar-refractivity contribution in [3.63, 3.8) is 0 Å². The van der Waals surface area contributed by atoms with Crippen molar-refractivity contribution in [2.75, 3.05) is 5.32 Å². The summed E-state index contributed by atoms with van der Waals surface area (Å²) in [4.78, 5) is 25.4. The average Bonchev–Trinajstić information content (AvgIpc) is 3.38. The number of hydrogen-bond acceptors (Lipinski definition) is 6. The predicted octanol–water partition coefficient (Wildman–Crippen LogP) is 4.00. The molecule has 3 aromatic heterocycles. The zero-order valence-electron chi connectivity index (χ0n) is 16.3. The van der Waals surface area contributed by atoms with Gasteiger partial charge in [-0.25, -0.2) is 9.97 Å². The lowest BCUT2D eigenvalue weighted by molar-refractivity contribution is 0.102. The number of rotatable bonds is 5. The molecule has 1 aromatic carbocycles. The minimum atomic E-state index is -0.280. The summed E-state index contributed by atoms with van der Waals surface area (Å²) in [5, 5.41) is 6.80. The number of hydrogen-bond donors (Lipinski definition) is 1. The van der Waals surface area contributed by atoms with Crippen molar-refractivity contribution in [3.05, 3.63) is 72.2 Å². The van der Waals surface area contributed by atoms with Gasteiger partial charge >= 0.3 is 0 Å². The van der Waals surface area contributed by atoms with Crippen molar-refractivity contribution in [2.45, 2.75) is 26.7 Å². The van der Waals surface area contributed by atoms with E-state index in [0.29, 0.717) is 23.2 Å². The molecule has 0 unspecified atom stereocenters. The molecule has 146 valence electrons. The highest BCUT2D eigenvalue weighted by Crippen LogP contribution is 2.20. The van der Waals surface area contributed by atoms with Gasteiger partial charge in [0.25, 0.3) is 11.8 Å². The summed E-state index contributed by atoms with van der Waals surface area (Å²) in [6.07, 6.45) is 4.84. The smallest absolute Gasteiger partial charge is 0.275 e. The maximum atomic E-state index is 12.4. The third kappa shape index (κ3) is 4.06. The molecule has 8 heteroatoms. The maximum Gasteiger partial charge on any atom is 0.275 e. The molecular formula is C21H20N6O2. The van der Waals surface area contributed by atoms with Crippen molar-refractivity contribution < 1.29 is 9.32 Å². The SMILES string of the molecule is Cc1cccc(NC(=O)c2cn(-c3ccc(-c4nc(C(C)C)no4)cn3)cn2)c1. The molecule has 0 aliphatic rings. The van der Waals surface area contributed by atoms with E-state index in [1.807, 2.05) is 51.1 Å². The van der Waals surface area contributed by atoms with Crippen LogP contribution >= 0.6 is 0 Å². The van der Waals surface area contributed by atoms with E-state index in [1.165, 1.54) is 0 Å². The van der Waals surface area contributed by atoms with Gasteiger partial charge in [0.1, 0.15) is 17.8 Å². The molecule has 1 N–H and O–H groups in total. The molecule has 0 fully saturated rings. The summed E-state index contributed by atoms with van der Waals surface area (Å²) in [7, 11) is 0. The van der Waals surface area contributed by atoms with E-state index in [4.69, 9.17) is 4.52 Å². The molecule has 0 aliphatic carbocycles. The van der Waals surface area contributed by atoms with Gasteiger partial charge < -0.3 is 9.84 Å². The Bertz CT molecular complexity index is 1140. The highest BCUT2D eigenvalue weighted by Gasteiger charge is 2.13. The number of carbonyl (C=O) groups excluding carboxylic acids is 1. The van der Waals surface area contributed by atoms with Crippen molar-refractivity contribution in [3.8, 4) is 17.3 Å². The lowest BCUT2D eigenvalue weighted by Gasteiger charge is -2.04. The van der Waals surface area contributed by atoms with Gasteiger partial charge in [0.2, 0.25) is 0 Å². The highest BCUT2D eigenvalue weighted by atomic mass is 16.5. The zero-order valence-corrected chi connectivity index (χ0v) is 16.3. The Morgan fingerprint density at radius 2 is 2.03 bits per heavy atom. The maximum absolute atomic E-state index is 12.4. The first-order valence-electron chi connectivity index (χ1n) is 9.22. The van der Waals surface area contributed by atoms with Crippen LogP contribution in [0.4, 0.5) is 5.69 Å². The summed E-state index contributed by atoms with van der Waals surface area (Å²) >= 11 is 0. The second-order valence-corrected chi connectivity index (χ2v) is 7.01. The Morgan fingerprint density at radius 1 is 1.17 bits per heavy atom. The largest absolute Gasteiger partial charge is 0.334 e. The number of aryl methyl sites for hydroxylation is 1. The lowest BCUT2D eigenvalue weighted by Crippen LogP contribution is -2.12. The third-order valence-corrected chi connectivity index (χ3v) is 4.31. The molecule has 0 bridgehead atoms. The van der Waals surface area contributed by atoms with Crippen molar-refractivity contribution in [1.82, 2.24) is 24.7 Å². The standard InChI is InChI=1S/C21H20N6O2/c1-13(2)19-25-21(29-26-19)15-7-8-18(22-10-15)27-11-17(23-12-27)20(28)24-16-6-4-5-14(3)9-16/h4-13H,1-3H3,(H,24,28). The first kappa shape index (κ1) is 18.5. The quantitative estimate of drug-likeness (QED) is 0.555. The molecule has 8 nitrogen and oxygen atoms in total. The van der Waals surface area contributed by atoms with Gasteiger partial charge in [-0.15, -0.1) is 0 Å². The fourth-order valence-electron chi connectivity index (χ4n) is 2.74. The number of carbonyl (C=O) groups is 1. The van der Waals surface area contributed by atoms with Gasteiger partial charge in [0, 0.05) is 24.0 Å². The van der Waals surface area contributed by atoms with Gasteiger partial charge in [-0.05, 0) is 36.8 Å². The molecule has 0 saturated heterocycles. The Hall–Kier alpha value is -3.81. The van der Waals surface area contributed by atoms with E-state index in [1.54, 1.807) is 29.4 Å². The number of benzene rings is 1. The van der Waals surface area contributed by atoms with Gasteiger partial charge in [-0.2, -0.15) is 4.98 Å². The number of amides is 1. The third-order valence-electron chi connectivity index (χ3n) is 4.31. The molecule has 29 heavy (non-hydrogen) atoms. The highest BCUT2D eigenvalue weighted by molar-refractivity contribution is 6.02. The molecule has 0 radical (unpaired) electrons. The van der Waals surface area contributed by atoms with Gasteiger partial charge in [-0.1, -0.05) is 31.1 Å². The first-order valence-corrected chi connectivity index (χ1v) is 9.22. The van der Waals surface area contributed by atoms with Crippen LogP contribution < -0.4 is 5.32 Å². The van der Waals surface area contributed by atoms with Crippen LogP contribution in [0.15, 0.2) is 59.6 Å². The van der Waals surface area contributed by atoms with Crippen molar-refractivity contribution in [2.24, 2.45) is 0 Å². The Morgan fingerprint density at radius 3 is 2.72 bits per heavy atom. The van der Waals surface area contributed by atoms with Crippen LogP contribution in [0.5, 0.6) is 0 Å². The summed E-state index contributed by atoms with van der Waals surface area (Å²) in [6.45, 7) is 5.97. The predicted molar refractivity (Wildman–Crippen MR) is 108 cm³/mol. The number of imidazole rings is 1. The average molecular weight is 388 g/mol. The number of pyridine rings is 1. The summed E-state index contributed by atoms with van der Waals surface area (Å²) in [5.74, 6) is 1.62. The molecule has 1 amide bonds. The molecule has 0 aliphatic heterocycles. The molecule has 0 spiro atoms. The molecule has 0 saturated carbocycles. The normalized spacial score (nSPS) is 11.0. The van der Waals surface area contributed by atoms with E-state index in [-0.39, 0.29) is 11.8 Å². The monoisotopic (exact) mass is 388 g/mol. The van der Waals surface area contributed by atoms with Crippen LogP contribution in [0.25, 0.3) is 17.3 Å². The van der Waals surface area contributed by atoms with Crippen LogP contribution in [0.2, 0.25) is 0 Å². The molecule has 3 heterocycles. The van der Waals surface area contributed by atoms with E-state index >= 15 is 0 Å². The fraction of sp³-hybridized carbons (Fsp3) is 0.190. The van der Waals surface area contributed by atoms with E-state index < -0.39 is 0 Å². The van der Waals surface area contributed by atoms with Crippen LogP contribution in [0.3, 0.4) is 0 Å². The summed E-state index contributed by atoms with van der Waals surface area (Å²) in [5.41, 5.74) is 2.83. The van der Waals surface area contributed by atoms with E-state index in [2.05, 4.69) is 25.4 Å². The molecule has 0 atom stereocenters. The van der Waals surface area contributed by atoms with Crippen LogP contribution in [-0.4, -0.2) is 30.6 Å². The fourth-order valence-corrected chi connectivity index (χ4v) is 2.74. The Kier molecular flexibility index (Phi) is 4.90. The Balaban J connectivity index is 1.49. The van der Waals surface area contributed by atoms with Gasteiger partial charge in [0.15, 0.2) is 5.82 Å². The van der Waals surface area contributed by atoms with Gasteiger partial charge in [0.05, 0.1) is 5.56 Å². The van der Waals surface area contributed by atoms with E-state index in [0.717, 1.165) is 16.8 Å². The summed E-state index contributed by atoms with van der Waals surface area (Å²) in [6, 6.07) is 11.2. The number of aromatic nitrogens is 5.